The standard InChI is InChI=1S/C16H17ClN4O6S2.Na.H/c1-7(22)27-5-16(14(25)26)4-21-12(24)10(13(21)29-6-16)20-11(23)8(2-17)9-3-28-15(18)19-9;;/h2-3,10,13H,4-6H2,1H3,(H2,18,19)(H,20,23)(H,25,26);;/q;+1;-1/t10?,13-,16?;;/m1../s1. The molecule has 2 aliphatic rings. The van der Waals surface area contributed by atoms with Crippen LogP contribution < -0.4 is 40.6 Å². The number of carboxylic acid groups (broad SMARTS) is 1. The van der Waals surface area contributed by atoms with Gasteiger partial charge in [0.05, 0.1) is 11.3 Å². The van der Waals surface area contributed by atoms with Crippen LogP contribution in [0.25, 0.3) is 5.57 Å². The predicted octanol–water partition coefficient (Wildman–Crippen LogP) is -2.54. The summed E-state index contributed by atoms with van der Waals surface area (Å²) in [5, 5.41) is 13.7. The number of carboxylic acids is 1. The van der Waals surface area contributed by atoms with Crippen molar-refractivity contribution in [2.24, 2.45) is 5.41 Å². The number of thiazole rings is 1. The van der Waals surface area contributed by atoms with Gasteiger partial charge in [-0.25, -0.2) is 4.98 Å². The molecule has 2 unspecified atom stereocenters. The number of hydrogen-bond donors (Lipinski definition) is 3. The fourth-order valence-electron chi connectivity index (χ4n) is 3.00. The molecule has 14 heteroatoms. The Morgan fingerprint density at radius 3 is 2.80 bits per heavy atom. The second-order valence-electron chi connectivity index (χ2n) is 6.58. The Morgan fingerprint density at radius 1 is 1.57 bits per heavy atom. The number of fused-ring (bicyclic) bond motifs is 1. The van der Waals surface area contributed by atoms with Gasteiger partial charge in [-0.2, -0.15) is 0 Å². The van der Waals surface area contributed by atoms with E-state index in [9.17, 15) is 24.3 Å². The number of aromatic nitrogens is 1. The van der Waals surface area contributed by atoms with E-state index in [0.717, 1.165) is 16.9 Å². The van der Waals surface area contributed by atoms with Crippen LogP contribution in [0.15, 0.2) is 10.9 Å². The fraction of sp³-hybridized carbons (Fsp3) is 0.438. The van der Waals surface area contributed by atoms with Crippen LogP contribution in [-0.4, -0.2) is 69.1 Å². The Kier molecular flexibility index (Phi) is 8.22. The monoisotopic (exact) mass is 484 g/mol. The first-order chi connectivity index (χ1) is 13.7. The summed E-state index contributed by atoms with van der Waals surface area (Å²) in [4.78, 5) is 53.3. The number of carbonyl (C=O) groups excluding carboxylic acids is 3. The number of nitrogens with one attached hydrogen (secondary N) is 1. The summed E-state index contributed by atoms with van der Waals surface area (Å²) >= 11 is 8.10. The Morgan fingerprint density at radius 2 is 2.27 bits per heavy atom. The van der Waals surface area contributed by atoms with E-state index in [4.69, 9.17) is 22.1 Å². The van der Waals surface area contributed by atoms with Gasteiger partial charge >= 0.3 is 41.5 Å². The van der Waals surface area contributed by atoms with Crippen molar-refractivity contribution in [2.75, 3.05) is 24.6 Å². The summed E-state index contributed by atoms with van der Waals surface area (Å²) in [6.07, 6.45) is 0. The van der Waals surface area contributed by atoms with E-state index in [1.807, 2.05) is 0 Å². The molecule has 2 amide bonds. The molecule has 0 bridgehead atoms. The minimum Gasteiger partial charge on any atom is -1.00 e. The van der Waals surface area contributed by atoms with Crippen molar-refractivity contribution in [3.05, 3.63) is 16.6 Å². The van der Waals surface area contributed by atoms with Crippen LogP contribution in [0, 0.1) is 5.41 Å². The minimum absolute atomic E-state index is 0. The third-order valence-electron chi connectivity index (χ3n) is 4.59. The van der Waals surface area contributed by atoms with Gasteiger partial charge in [0.2, 0.25) is 5.91 Å². The van der Waals surface area contributed by atoms with Crippen LogP contribution in [0.5, 0.6) is 0 Å². The number of halogens is 1. The number of esters is 1. The zero-order chi connectivity index (χ0) is 21.3. The average molecular weight is 485 g/mol. The number of hydrogen-bond acceptors (Lipinski definition) is 9. The van der Waals surface area contributed by atoms with Crippen molar-refractivity contribution < 1.29 is 60.0 Å². The van der Waals surface area contributed by atoms with Crippen LogP contribution in [0.3, 0.4) is 0 Å². The van der Waals surface area contributed by atoms with Crippen molar-refractivity contribution in [3.63, 3.8) is 0 Å². The van der Waals surface area contributed by atoms with Crippen molar-refractivity contribution in [3.8, 4) is 0 Å². The molecule has 158 valence electrons. The van der Waals surface area contributed by atoms with Crippen molar-refractivity contribution in [1.29, 1.82) is 0 Å². The third kappa shape index (κ3) is 4.78. The number of thioether (sulfide) groups is 1. The van der Waals surface area contributed by atoms with Crippen LogP contribution in [-0.2, 0) is 23.9 Å². The summed E-state index contributed by atoms with van der Waals surface area (Å²) in [6.45, 7) is 0.745. The van der Waals surface area contributed by atoms with Gasteiger partial charge in [-0.15, -0.1) is 23.1 Å². The van der Waals surface area contributed by atoms with Crippen LogP contribution >= 0.6 is 34.7 Å². The van der Waals surface area contributed by atoms with Gasteiger partial charge in [0.25, 0.3) is 5.91 Å². The zero-order valence-electron chi connectivity index (χ0n) is 17.1. The smallest absolute Gasteiger partial charge is 1.00 e. The molecule has 0 aromatic carbocycles. The molecule has 1 aromatic rings. The Balaban J connectivity index is 0.00000240. The van der Waals surface area contributed by atoms with Gasteiger partial charge in [0.15, 0.2) is 5.13 Å². The molecular weight excluding hydrogens is 467 g/mol. The average Bonchev–Trinajstić information content (AvgIpc) is 3.10. The maximum atomic E-state index is 12.5. The number of aliphatic carboxylic acids is 1. The van der Waals surface area contributed by atoms with Gasteiger partial charge in [-0.1, -0.05) is 11.6 Å². The number of rotatable bonds is 6. The summed E-state index contributed by atoms with van der Waals surface area (Å²) in [5.41, 5.74) is 5.61. The molecule has 3 rings (SSSR count). The third-order valence-corrected chi connectivity index (χ3v) is 7.07. The van der Waals surface area contributed by atoms with Crippen molar-refractivity contribution in [2.45, 2.75) is 18.3 Å². The molecule has 30 heavy (non-hydrogen) atoms. The molecule has 3 atom stereocenters. The largest absolute Gasteiger partial charge is 1.00 e. The van der Waals surface area contributed by atoms with Crippen LogP contribution in [0.2, 0.25) is 0 Å². The van der Waals surface area contributed by atoms with Gasteiger partial charge in [-0.05, 0) is 0 Å². The second-order valence-corrected chi connectivity index (χ2v) is 8.79. The number of amides is 2. The Labute approximate surface area is 208 Å². The molecule has 0 spiro atoms. The number of ether oxygens (including phenoxy) is 1. The summed E-state index contributed by atoms with van der Waals surface area (Å²) in [6, 6.07) is -0.824. The summed E-state index contributed by atoms with van der Waals surface area (Å²) in [7, 11) is 0. The molecule has 0 aliphatic carbocycles. The van der Waals surface area contributed by atoms with E-state index in [0.29, 0.717) is 5.69 Å². The number of anilines is 1. The van der Waals surface area contributed by atoms with E-state index in [2.05, 4.69) is 10.3 Å². The zero-order valence-corrected chi connectivity index (χ0v) is 20.5. The molecule has 0 radical (unpaired) electrons. The first kappa shape index (κ1) is 25.0. The quantitative estimate of drug-likeness (QED) is 0.171. The van der Waals surface area contributed by atoms with Gasteiger partial charge in [0, 0.05) is 30.1 Å². The number of nitrogens with zero attached hydrogens (tertiary/aromatic N) is 2. The molecule has 4 N–H and O–H groups in total. The molecule has 2 fully saturated rings. The molecule has 2 saturated heterocycles. The van der Waals surface area contributed by atoms with E-state index in [-0.39, 0.29) is 60.6 Å². The van der Waals surface area contributed by atoms with Gasteiger partial charge in [-0.3, -0.25) is 19.2 Å². The van der Waals surface area contributed by atoms with Crippen molar-refractivity contribution >= 4 is 69.2 Å². The van der Waals surface area contributed by atoms with E-state index < -0.39 is 40.6 Å². The Bertz CT molecular complexity index is 918. The fourth-order valence-corrected chi connectivity index (χ4v) is 5.29. The SMILES string of the molecule is CC(=O)OCC1(C(=O)O)CS[C@@H]2C(NC(=O)C(=CCl)c3csc(N)n3)C(=O)N2C1.[H-].[Na+]. The number of nitrogens with two attached hydrogens (primary N) is 1. The predicted molar refractivity (Wildman–Crippen MR) is 108 cm³/mol. The van der Waals surface area contributed by atoms with Gasteiger partial charge in [0.1, 0.15) is 23.4 Å². The number of β-lactam (4-membered cyclic amide) rings is 1. The van der Waals surface area contributed by atoms with Crippen LogP contribution in [0.1, 0.15) is 14.0 Å². The maximum Gasteiger partial charge on any atom is 1.00 e. The molecule has 2 aliphatic heterocycles. The topological polar surface area (TPSA) is 152 Å². The number of carbonyl (C=O) groups is 4. The number of nitrogen functional groups attached to an aromatic ring is 1. The maximum absolute atomic E-state index is 12.5. The van der Waals surface area contributed by atoms with E-state index >= 15 is 0 Å². The Hall–Kier alpha value is -1.31. The summed E-state index contributed by atoms with van der Waals surface area (Å²) < 4.78 is 4.90. The first-order valence-electron chi connectivity index (χ1n) is 8.30. The first-order valence-corrected chi connectivity index (χ1v) is 10.7. The van der Waals surface area contributed by atoms with Crippen molar-refractivity contribution in [1.82, 2.24) is 15.2 Å². The minimum atomic E-state index is -1.39. The second kappa shape index (κ2) is 9.88. The van der Waals surface area contributed by atoms with Crippen LogP contribution in [0.4, 0.5) is 5.13 Å². The molecule has 3 heterocycles. The molecule has 10 nitrogen and oxygen atoms in total. The van der Waals surface area contributed by atoms with E-state index in [1.165, 1.54) is 23.6 Å². The molecule has 0 saturated carbocycles. The summed E-state index contributed by atoms with van der Waals surface area (Å²) in [5.74, 6) is -2.63. The molecular formula is C16H18ClN4NaO6S2. The molecule has 1 aromatic heterocycles. The normalized spacial score (nSPS) is 25.5. The van der Waals surface area contributed by atoms with E-state index in [1.54, 1.807) is 5.38 Å². The van der Waals surface area contributed by atoms with Gasteiger partial charge < -0.3 is 27.2 Å².